The number of aromatic nitrogens is 2. The van der Waals surface area contributed by atoms with Gasteiger partial charge >= 0.3 is 0 Å². The van der Waals surface area contributed by atoms with Crippen LogP contribution in [0.5, 0.6) is 0 Å². The molecule has 94 valence electrons. The summed E-state index contributed by atoms with van der Waals surface area (Å²) in [6.07, 6.45) is 4.22. The van der Waals surface area contributed by atoms with Crippen molar-refractivity contribution in [3.63, 3.8) is 0 Å². The van der Waals surface area contributed by atoms with Gasteiger partial charge in [0.25, 0.3) is 5.91 Å². The number of halogens is 1. The summed E-state index contributed by atoms with van der Waals surface area (Å²) in [5.74, 6) is -0.0175. The standard InChI is InChI=1S/C12H18BrN3O/c1-3-8-7-11(16(2)15-8)12(17)14-10-6-4-5-9(10)13/h7,9-10H,3-6H2,1-2H3,(H,14,17). The molecule has 1 aliphatic carbocycles. The molecular weight excluding hydrogens is 282 g/mol. The van der Waals surface area contributed by atoms with Crippen molar-refractivity contribution in [2.24, 2.45) is 7.05 Å². The normalized spacial score (nSPS) is 23.9. The summed E-state index contributed by atoms with van der Waals surface area (Å²) in [6, 6.07) is 2.12. The molecule has 4 nitrogen and oxygen atoms in total. The highest BCUT2D eigenvalue weighted by atomic mass is 79.9. The fourth-order valence-corrected chi connectivity index (χ4v) is 2.95. The molecule has 0 aromatic carbocycles. The maximum atomic E-state index is 12.1. The van der Waals surface area contributed by atoms with Gasteiger partial charge in [-0.05, 0) is 25.3 Å². The van der Waals surface area contributed by atoms with E-state index < -0.39 is 0 Å². The number of alkyl halides is 1. The van der Waals surface area contributed by atoms with Gasteiger partial charge in [0, 0.05) is 17.9 Å². The summed E-state index contributed by atoms with van der Waals surface area (Å²) >= 11 is 3.61. The van der Waals surface area contributed by atoms with Crippen molar-refractivity contribution in [1.29, 1.82) is 0 Å². The average molecular weight is 300 g/mol. The molecule has 0 aliphatic heterocycles. The van der Waals surface area contributed by atoms with E-state index in [4.69, 9.17) is 0 Å². The number of nitrogens with zero attached hydrogens (tertiary/aromatic N) is 2. The third-order valence-electron chi connectivity index (χ3n) is 3.27. The molecule has 5 heteroatoms. The molecule has 0 radical (unpaired) electrons. The van der Waals surface area contributed by atoms with Crippen LogP contribution < -0.4 is 5.32 Å². The first-order chi connectivity index (χ1) is 8.11. The molecule has 0 saturated heterocycles. The minimum atomic E-state index is -0.0175. The SMILES string of the molecule is CCc1cc(C(=O)NC2CCCC2Br)n(C)n1. The Morgan fingerprint density at radius 3 is 2.94 bits per heavy atom. The van der Waals surface area contributed by atoms with Gasteiger partial charge in [-0.3, -0.25) is 9.48 Å². The lowest BCUT2D eigenvalue weighted by molar-refractivity contribution is 0.0929. The van der Waals surface area contributed by atoms with Gasteiger partial charge in [-0.1, -0.05) is 29.3 Å². The minimum Gasteiger partial charge on any atom is -0.347 e. The van der Waals surface area contributed by atoms with E-state index >= 15 is 0 Å². The van der Waals surface area contributed by atoms with Crippen molar-refractivity contribution < 1.29 is 4.79 Å². The second kappa shape index (κ2) is 5.21. The van der Waals surface area contributed by atoms with Gasteiger partial charge < -0.3 is 5.32 Å². The van der Waals surface area contributed by atoms with Gasteiger partial charge in [-0.25, -0.2) is 0 Å². The Morgan fingerprint density at radius 2 is 2.41 bits per heavy atom. The lowest BCUT2D eigenvalue weighted by Gasteiger charge is -2.15. The Hall–Kier alpha value is -0.840. The Kier molecular flexibility index (Phi) is 3.86. The average Bonchev–Trinajstić information content (AvgIpc) is 2.86. The minimum absolute atomic E-state index is 0.0175. The van der Waals surface area contributed by atoms with E-state index in [0.29, 0.717) is 10.5 Å². The van der Waals surface area contributed by atoms with Crippen LogP contribution in [-0.4, -0.2) is 26.6 Å². The van der Waals surface area contributed by atoms with Crippen LogP contribution in [0.15, 0.2) is 6.07 Å². The fraction of sp³-hybridized carbons (Fsp3) is 0.667. The smallest absolute Gasteiger partial charge is 0.269 e. The van der Waals surface area contributed by atoms with Gasteiger partial charge in [-0.15, -0.1) is 0 Å². The molecule has 2 unspecified atom stereocenters. The number of rotatable bonds is 3. The zero-order valence-corrected chi connectivity index (χ0v) is 11.8. The summed E-state index contributed by atoms with van der Waals surface area (Å²) in [6.45, 7) is 2.04. The molecule has 1 aromatic heterocycles. The van der Waals surface area contributed by atoms with E-state index in [2.05, 4.69) is 26.3 Å². The van der Waals surface area contributed by atoms with Gasteiger partial charge in [0.05, 0.1) is 5.69 Å². The Balaban J connectivity index is 2.06. The van der Waals surface area contributed by atoms with Crippen molar-refractivity contribution in [2.75, 3.05) is 0 Å². The van der Waals surface area contributed by atoms with E-state index in [1.54, 1.807) is 4.68 Å². The zero-order valence-electron chi connectivity index (χ0n) is 10.2. The highest BCUT2D eigenvalue weighted by molar-refractivity contribution is 9.09. The van der Waals surface area contributed by atoms with Gasteiger partial charge in [0.1, 0.15) is 5.69 Å². The van der Waals surface area contributed by atoms with E-state index in [0.717, 1.165) is 25.0 Å². The van der Waals surface area contributed by atoms with Crippen LogP contribution in [-0.2, 0) is 13.5 Å². The van der Waals surface area contributed by atoms with Crippen LogP contribution in [0.1, 0.15) is 42.4 Å². The molecular formula is C12H18BrN3O. The molecule has 1 saturated carbocycles. The van der Waals surface area contributed by atoms with E-state index in [9.17, 15) is 4.79 Å². The molecule has 2 atom stereocenters. The number of hydrogen-bond acceptors (Lipinski definition) is 2. The summed E-state index contributed by atoms with van der Waals surface area (Å²) < 4.78 is 1.66. The largest absolute Gasteiger partial charge is 0.347 e. The van der Waals surface area contributed by atoms with Crippen molar-refractivity contribution in [3.05, 3.63) is 17.5 Å². The maximum absolute atomic E-state index is 12.1. The van der Waals surface area contributed by atoms with Crippen molar-refractivity contribution in [2.45, 2.75) is 43.5 Å². The van der Waals surface area contributed by atoms with E-state index in [-0.39, 0.29) is 11.9 Å². The first-order valence-electron chi connectivity index (χ1n) is 6.09. The molecule has 1 N–H and O–H groups in total. The maximum Gasteiger partial charge on any atom is 0.269 e. The summed E-state index contributed by atoms with van der Waals surface area (Å²) in [5, 5.41) is 7.36. The fourth-order valence-electron chi connectivity index (χ4n) is 2.23. The van der Waals surface area contributed by atoms with E-state index in [1.165, 1.54) is 6.42 Å². The number of carbonyl (C=O) groups is 1. The Labute approximate surface area is 110 Å². The van der Waals surface area contributed by atoms with Crippen molar-refractivity contribution >= 4 is 21.8 Å². The quantitative estimate of drug-likeness (QED) is 0.868. The number of amides is 1. The van der Waals surface area contributed by atoms with Crippen molar-refractivity contribution in [1.82, 2.24) is 15.1 Å². The molecule has 17 heavy (non-hydrogen) atoms. The predicted molar refractivity (Wildman–Crippen MR) is 70.4 cm³/mol. The lowest BCUT2D eigenvalue weighted by Crippen LogP contribution is -2.38. The lowest BCUT2D eigenvalue weighted by atomic mass is 10.2. The molecule has 0 bridgehead atoms. The Bertz CT molecular complexity index is 416. The highest BCUT2D eigenvalue weighted by Gasteiger charge is 2.27. The molecule has 1 amide bonds. The predicted octanol–water partition coefficient (Wildman–Crippen LogP) is 2.03. The van der Waals surface area contributed by atoms with Crippen molar-refractivity contribution in [3.8, 4) is 0 Å². The zero-order chi connectivity index (χ0) is 12.4. The van der Waals surface area contributed by atoms with Crippen LogP contribution in [0.3, 0.4) is 0 Å². The summed E-state index contributed by atoms with van der Waals surface area (Å²) in [7, 11) is 1.81. The summed E-state index contributed by atoms with van der Waals surface area (Å²) in [5.41, 5.74) is 1.60. The Morgan fingerprint density at radius 1 is 1.65 bits per heavy atom. The molecule has 1 aliphatic rings. The number of carbonyl (C=O) groups excluding carboxylic acids is 1. The van der Waals surface area contributed by atoms with Crippen LogP contribution in [0.2, 0.25) is 0 Å². The topological polar surface area (TPSA) is 46.9 Å². The monoisotopic (exact) mass is 299 g/mol. The van der Waals surface area contributed by atoms with Crippen LogP contribution in [0.25, 0.3) is 0 Å². The molecule has 1 aromatic rings. The molecule has 2 rings (SSSR count). The summed E-state index contributed by atoms with van der Waals surface area (Å²) in [4.78, 5) is 12.5. The van der Waals surface area contributed by atoms with Gasteiger partial charge in [0.2, 0.25) is 0 Å². The van der Waals surface area contributed by atoms with Gasteiger partial charge in [-0.2, -0.15) is 5.10 Å². The number of nitrogens with one attached hydrogen (secondary N) is 1. The number of hydrogen-bond donors (Lipinski definition) is 1. The first-order valence-corrected chi connectivity index (χ1v) is 7.01. The number of aryl methyl sites for hydroxylation is 2. The molecule has 1 fully saturated rings. The van der Waals surface area contributed by atoms with Crippen LogP contribution in [0.4, 0.5) is 0 Å². The van der Waals surface area contributed by atoms with Gasteiger partial charge in [0.15, 0.2) is 0 Å². The second-order valence-electron chi connectivity index (χ2n) is 4.52. The molecule has 1 heterocycles. The van der Waals surface area contributed by atoms with E-state index in [1.807, 2.05) is 20.0 Å². The third-order valence-corrected chi connectivity index (χ3v) is 4.37. The molecule has 0 spiro atoms. The second-order valence-corrected chi connectivity index (χ2v) is 5.70. The third kappa shape index (κ3) is 2.70. The highest BCUT2D eigenvalue weighted by Crippen LogP contribution is 2.25. The van der Waals surface area contributed by atoms with Crippen LogP contribution >= 0.6 is 15.9 Å². The first kappa shape index (κ1) is 12.6. The van der Waals surface area contributed by atoms with Crippen LogP contribution in [0, 0.1) is 0 Å².